The molecule has 2 aromatic heterocycles. The average Bonchev–Trinajstić information content (AvgIpc) is 2.96. The van der Waals surface area contributed by atoms with Crippen molar-refractivity contribution in [2.24, 2.45) is 0 Å². The summed E-state index contributed by atoms with van der Waals surface area (Å²) in [4.78, 5) is 26.3. The Kier molecular flexibility index (Phi) is 4.57. The molecule has 2 aliphatic heterocycles. The van der Waals surface area contributed by atoms with Crippen LogP contribution in [0.4, 0.5) is 5.82 Å². The number of ether oxygens (including phenoxy) is 1. The van der Waals surface area contributed by atoms with Crippen molar-refractivity contribution in [3.63, 3.8) is 0 Å². The molecule has 2 aliphatic rings. The van der Waals surface area contributed by atoms with Gasteiger partial charge in [0.05, 0.1) is 11.7 Å². The highest BCUT2D eigenvalue weighted by Gasteiger charge is 2.56. The van der Waals surface area contributed by atoms with Gasteiger partial charge in [-0.2, -0.15) is 0 Å². The van der Waals surface area contributed by atoms with E-state index < -0.39 is 0 Å². The summed E-state index contributed by atoms with van der Waals surface area (Å²) in [5, 5.41) is 0. The fourth-order valence-corrected chi connectivity index (χ4v) is 4.68. The molecule has 4 heterocycles. The fraction of sp³-hybridized carbons (Fsp3) is 0.591. The molecule has 0 spiro atoms. The zero-order valence-electron chi connectivity index (χ0n) is 17.5. The molecule has 0 amide bonds. The number of hydrogen-bond acceptors (Lipinski definition) is 5. The van der Waals surface area contributed by atoms with Gasteiger partial charge in [-0.15, -0.1) is 0 Å². The van der Waals surface area contributed by atoms with Crippen molar-refractivity contribution in [3.8, 4) is 0 Å². The summed E-state index contributed by atoms with van der Waals surface area (Å²) in [6.45, 7) is 12.2. The monoisotopic (exact) mass is 382 g/mol. The van der Waals surface area contributed by atoms with Crippen molar-refractivity contribution in [2.75, 3.05) is 18.0 Å². The van der Waals surface area contributed by atoms with Crippen LogP contribution in [0.25, 0.3) is 0 Å². The fourth-order valence-electron chi connectivity index (χ4n) is 4.68. The molecule has 150 valence electrons. The Labute approximate surface area is 166 Å². The van der Waals surface area contributed by atoms with Crippen LogP contribution >= 0.6 is 0 Å². The molecule has 0 aliphatic carbocycles. The molecule has 0 aromatic carbocycles. The number of fused-ring (bicyclic) bond motifs is 2. The molecule has 6 heteroatoms. The quantitative estimate of drug-likeness (QED) is 0.878. The SMILES string of the molecule is Cc1cc(C(C)(C)C23CCC(CN(c4cc(C(C)C)ncn4)C2)O3)cc(=O)[nH]1. The van der Waals surface area contributed by atoms with E-state index in [1.807, 2.05) is 6.92 Å². The molecule has 0 radical (unpaired) electrons. The number of hydrogen-bond donors (Lipinski definition) is 1. The van der Waals surface area contributed by atoms with Gasteiger partial charge in [0.25, 0.3) is 0 Å². The number of anilines is 1. The van der Waals surface area contributed by atoms with Crippen LogP contribution in [-0.2, 0) is 10.2 Å². The topological polar surface area (TPSA) is 71.1 Å². The molecule has 2 bridgehead atoms. The van der Waals surface area contributed by atoms with Gasteiger partial charge in [0, 0.05) is 42.0 Å². The van der Waals surface area contributed by atoms with E-state index in [1.54, 1.807) is 12.4 Å². The minimum atomic E-state index is -0.348. The third-order valence-electron chi connectivity index (χ3n) is 6.56. The lowest BCUT2D eigenvalue weighted by Crippen LogP contribution is -2.60. The second kappa shape index (κ2) is 6.69. The number of pyridine rings is 1. The number of aryl methyl sites for hydroxylation is 1. The number of nitrogens with zero attached hydrogens (tertiary/aromatic N) is 3. The van der Waals surface area contributed by atoms with Gasteiger partial charge in [0.1, 0.15) is 12.1 Å². The highest BCUT2D eigenvalue weighted by Crippen LogP contribution is 2.49. The Balaban J connectivity index is 1.71. The van der Waals surface area contributed by atoms with E-state index in [0.717, 1.165) is 48.7 Å². The van der Waals surface area contributed by atoms with Crippen LogP contribution in [0.15, 0.2) is 29.3 Å². The summed E-state index contributed by atoms with van der Waals surface area (Å²) in [6, 6.07) is 5.90. The zero-order valence-corrected chi connectivity index (χ0v) is 17.5. The second-order valence-electron chi connectivity index (χ2n) is 9.15. The summed E-state index contributed by atoms with van der Waals surface area (Å²) in [5.74, 6) is 1.33. The number of H-pyrrole nitrogens is 1. The highest BCUT2D eigenvalue weighted by atomic mass is 16.5. The summed E-state index contributed by atoms with van der Waals surface area (Å²) in [5.41, 5.74) is 2.27. The molecule has 2 unspecified atom stereocenters. The van der Waals surface area contributed by atoms with Gasteiger partial charge in [0.15, 0.2) is 0 Å². The molecule has 1 N–H and O–H groups in total. The van der Waals surface area contributed by atoms with Gasteiger partial charge in [-0.1, -0.05) is 27.7 Å². The van der Waals surface area contributed by atoms with Gasteiger partial charge in [-0.05, 0) is 37.3 Å². The maximum Gasteiger partial charge on any atom is 0.248 e. The maximum atomic E-state index is 12.1. The van der Waals surface area contributed by atoms with Crippen molar-refractivity contribution in [3.05, 3.63) is 51.8 Å². The Morgan fingerprint density at radius 1 is 1.29 bits per heavy atom. The van der Waals surface area contributed by atoms with Crippen molar-refractivity contribution in [1.82, 2.24) is 15.0 Å². The van der Waals surface area contributed by atoms with Crippen LogP contribution in [0.1, 0.15) is 63.4 Å². The first-order valence-corrected chi connectivity index (χ1v) is 10.2. The number of aromatic amines is 1. The van der Waals surface area contributed by atoms with E-state index in [0.29, 0.717) is 5.92 Å². The third kappa shape index (κ3) is 3.13. The third-order valence-corrected chi connectivity index (χ3v) is 6.56. The van der Waals surface area contributed by atoms with Crippen molar-refractivity contribution < 1.29 is 4.74 Å². The maximum absolute atomic E-state index is 12.1. The molecule has 2 fully saturated rings. The zero-order chi connectivity index (χ0) is 20.1. The molecular weight excluding hydrogens is 352 g/mol. The van der Waals surface area contributed by atoms with E-state index >= 15 is 0 Å². The first-order chi connectivity index (χ1) is 13.2. The van der Waals surface area contributed by atoms with Crippen LogP contribution in [0.5, 0.6) is 0 Å². The van der Waals surface area contributed by atoms with E-state index in [2.05, 4.69) is 59.7 Å². The Morgan fingerprint density at radius 2 is 2.07 bits per heavy atom. The molecular formula is C22H30N4O2. The Bertz CT molecular complexity index is 936. The van der Waals surface area contributed by atoms with Gasteiger partial charge in [-0.25, -0.2) is 9.97 Å². The Morgan fingerprint density at radius 3 is 2.79 bits per heavy atom. The van der Waals surface area contributed by atoms with E-state index in [1.165, 1.54) is 0 Å². The van der Waals surface area contributed by atoms with Gasteiger partial charge < -0.3 is 14.6 Å². The van der Waals surface area contributed by atoms with Crippen molar-refractivity contribution in [2.45, 2.75) is 70.5 Å². The van der Waals surface area contributed by atoms with Crippen LogP contribution < -0.4 is 10.5 Å². The minimum absolute atomic E-state index is 0.0564. The molecule has 2 atom stereocenters. The lowest BCUT2D eigenvalue weighted by molar-refractivity contribution is -0.0953. The van der Waals surface area contributed by atoms with Crippen LogP contribution in [0.3, 0.4) is 0 Å². The molecule has 2 saturated heterocycles. The highest BCUT2D eigenvalue weighted by molar-refractivity contribution is 5.43. The smallest absolute Gasteiger partial charge is 0.248 e. The molecule has 0 saturated carbocycles. The van der Waals surface area contributed by atoms with Crippen molar-refractivity contribution in [1.29, 1.82) is 0 Å². The van der Waals surface area contributed by atoms with Crippen LogP contribution in [-0.4, -0.2) is 39.7 Å². The first kappa shape index (κ1) is 19.1. The first-order valence-electron chi connectivity index (χ1n) is 10.2. The van der Waals surface area contributed by atoms with E-state index in [4.69, 9.17) is 4.74 Å². The largest absolute Gasteiger partial charge is 0.367 e. The number of rotatable bonds is 4. The summed E-state index contributed by atoms with van der Waals surface area (Å²) >= 11 is 0. The second-order valence-corrected chi connectivity index (χ2v) is 9.15. The van der Waals surface area contributed by atoms with E-state index in [9.17, 15) is 4.79 Å². The predicted octanol–water partition coefficient (Wildman–Crippen LogP) is 3.31. The van der Waals surface area contributed by atoms with Crippen LogP contribution in [0.2, 0.25) is 0 Å². The van der Waals surface area contributed by atoms with Crippen LogP contribution in [0, 0.1) is 6.92 Å². The summed E-state index contributed by atoms with van der Waals surface area (Å²) < 4.78 is 6.62. The molecule has 28 heavy (non-hydrogen) atoms. The Hall–Kier alpha value is -2.21. The normalized spacial score (nSPS) is 24.8. The molecule has 2 aromatic rings. The van der Waals surface area contributed by atoms with Crippen molar-refractivity contribution >= 4 is 5.82 Å². The number of nitrogens with one attached hydrogen (secondary N) is 1. The average molecular weight is 383 g/mol. The molecule has 4 rings (SSSR count). The summed E-state index contributed by atoms with van der Waals surface area (Å²) in [6.07, 6.45) is 3.87. The minimum Gasteiger partial charge on any atom is -0.367 e. The van der Waals surface area contributed by atoms with Gasteiger partial charge in [-0.3, -0.25) is 4.79 Å². The lowest BCUT2D eigenvalue weighted by Gasteiger charge is -2.50. The lowest BCUT2D eigenvalue weighted by atomic mass is 9.68. The van der Waals surface area contributed by atoms with Gasteiger partial charge in [0.2, 0.25) is 5.56 Å². The van der Waals surface area contributed by atoms with E-state index in [-0.39, 0.29) is 22.7 Å². The number of aromatic nitrogens is 3. The standard InChI is InChI=1S/C22H30N4O2/c1-14(2)18-10-19(24-13-23-18)26-11-17-6-7-22(12-26,28-17)21(4,5)16-8-15(3)25-20(27)9-16/h8-10,13-14,17H,6-7,11-12H2,1-5H3,(H,25,27). The number of morpholine rings is 1. The van der Waals surface area contributed by atoms with Gasteiger partial charge >= 0.3 is 0 Å². The molecule has 6 nitrogen and oxygen atoms in total. The summed E-state index contributed by atoms with van der Waals surface area (Å²) in [7, 11) is 0. The predicted molar refractivity (Wildman–Crippen MR) is 110 cm³/mol.